The van der Waals surface area contributed by atoms with Crippen LogP contribution in [0.2, 0.25) is 0 Å². The first-order valence-corrected chi connectivity index (χ1v) is 6.24. The van der Waals surface area contributed by atoms with E-state index in [1.807, 2.05) is 0 Å². The molecule has 21 heavy (non-hydrogen) atoms. The molecular formula is C13H14N4O4. The van der Waals surface area contributed by atoms with Crippen LogP contribution in [0.5, 0.6) is 0 Å². The summed E-state index contributed by atoms with van der Waals surface area (Å²) in [5.41, 5.74) is 2.78. The van der Waals surface area contributed by atoms with Gasteiger partial charge in [0, 0.05) is 5.69 Å². The lowest BCUT2D eigenvalue weighted by molar-refractivity contribution is -0.105. The average Bonchev–Trinajstić information content (AvgIpc) is 2.45. The quantitative estimate of drug-likeness (QED) is 0.817. The van der Waals surface area contributed by atoms with Gasteiger partial charge >= 0.3 is 6.09 Å². The van der Waals surface area contributed by atoms with Gasteiger partial charge in [0.05, 0.1) is 17.5 Å². The van der Waals surface area contributed by atoms with Crippen molar-refractivity contribution in [3.05, 3.63) is 34.4 Å². The summed E-state index contributed by atoms with van der Waals surface area (Å²) in [5, 5.41) is 2.72. The second-order valence-corrected chi connectivity index (χ2v) is 4.13. The standard InChI is InChI=1S/C13H14N4O4/c1-3-21-13(20)16-17-8(2)15-11-5-4-9(14-7-18)6-10(11)12(17)19/h4-7H,3H2,1-2H3,(H,14,18)(H,16,20). The van der Waals surface area contributed by atoms with E-state index in [1.54, 1.807) is 26.0 Å². The summed E-state index contributed by atoms with van der Waals surface area (Å²) in [6.07, 6.45) is -0.232. The van der Waals surface area contributed by atoms with Crippen molar-refractivity contribution in [2.45, 2.75) is 13.8 Å². The van der Waals surface area contributed by atoms with Crippen LogP contribution in [0.1, 0.15) is 12.7 Å². The van der Waals surface area contributed by atoms with Gasteiger partial charge in [-0.1, -0.05) is 0 Å². The number of amides is 2. The summed E-state index contributed by atoms with van der Waals surface area (Å²) in [6.45, 7) is 3.43. The van der Waals surface area contributed by atoms with E-state index in [0.29, 0.717) is 23.4 Å². The third-order valence-electron chi connectivity index (χ3n) is 2.74. The topological polar surface area (TPSA) is 102 Å². The fourth-order valence-corrected chi connectivity index (χ4v) is 1.84. The summed E-state index contributed by atoms with van der Waals surface area (Å²) in [6, 6.07) is 4.73. The molecule has 0 saturated heterocycles. The van der Waals surface area contributed by atoms with Gasteiger partial charge in [0.1, 0.15) is 5.82 Å². The predicted octanol–water partition coefficient (Wildman–Crippen LogP) is 0.973. The number of fused-ring (bicyclic) bond motifs is 1. The molecule has 0 radical (unpaired) electrons. The van der Waals surface area contributed by atoms with Crippen LogP contribution in [0.4, 0.5) is 10.5 Å². The van der Waals surface area contributed by atoms with Gasteiger partial charge in [-0.3, -0.25) is 9.59 Å². The maximum absolute atomic E-state index is 12.4. The van der Waals surface area contributed by atoms with Crippen molar-refractivity contribution in [2.75, 3.05) is 17.3 Å². The largest absolute Gasteiger partial charge is 0.449 e. The first-order chi connectivity index (χ1) is 10.1. The number of nitrogens with one attached hydrogen (secondary N) is 2. The Morgan fingerprint density at radius 3 is 2.90 bits per heavy atom. The molecule has 0 atom stereocenters. The number of carbonyl (C=O) groups excluding carboxylic acids is 2. The highest BCUT2D eigenvalue weighted by Gasteiger charge is 2.11. The van der Waals surface area contributed by atoms with E-state index in [9.17, 15) is 14.4 Å². The first-order valence-electron chi connectivity index (χ1n) is 6.24. The molecule has 2 N–H and O–H groups in total. The zero-order chi connectivity index (χ0) is 15.4. The molecule has 1 aromatic heterocycles. The lowest BCUT2D eigenvalue weighted by Crippen LogP contribution is -2.35. The van der Waals surface area contributed by atoms with Crippen molar-refractivity contribution < 1.29 is 14.3 Å². The molecule has 0 aliphatic carbocycles. The number of anilines is 1. The van der Waals surface area contributed by atoms with Crippen LogP contribution in [-0.2, 0) is 9.53 Å². The molecule has 0 saturated carbocycles. The molecule has 8 nitrogen and oxygen atoms in total. The average molecular weight is 290 g/mol. The van der Waals surface area contributed by atoms with E-state index in [-0.39, 0.29) is 12.0 Å². The second-order valence-electron chi connectivity index (χ2n) is 4.13. The van der Waals surface area contributed by atoms with Gasteiger partial charge in [-0.25, -0.2) is 15.2 Å². The normalized spacial score (nSPS) is 10.2. The summed E-state index contributed by atoms with van der Waals surface area (Å²) in [7, 11) is 0. The van der Waals surface area contributed by atoms with Gasteiger partial charge < -0.3 is 10.1 Å². The summed E-state index contributed by atoms with van der Waals surface area (Å²) < 4.78 is 5.74. The number of benzene rings is 1. The van der Waals surface area contributed by atoms with Gasteiger partial charge in [-0.05, 0) is 32.0 Å². The number of carbonyl (C=O) groups is 2. The molecule has 0 unspecified atom stereocenters. The van der Waals surface area contributed by atoms with Gasteiger partial charge in [-0.15, -0.1) is 0 Å². The monoisotopic (exact) mass is 290 g/mol. The van der Waals surface area contributed by atoms with Crippen molar-refractivity contribution in [3.63, 3.8) is 0 Å². The minimum absolute atomic E-state index is 0.189. The summed E-state index contributed by atoms with van der Waals surface area (Å²) >= 11 is 0. The third kappa shape index (κ3) is 2.99. The zero-order valence-electron chi connectivity index (χ0n) is 11.5. The van der Waals surface area contributed by atoms with Crippen LogP contribution in [0, 0.1) is 6.92 Å². The van der Waals surface area contributed by atoms with E-state index in [2.05, 4.69) is 15.7 Å². The molecule has 1 heterocycles. The Morgan fingerprint density at radius 1 is 1.48 bits per heavy atom. The Hall–Kier alpha value is -2.90. The van der Waals surface area contributed by atoms with Crippen molar-refractivity contribution in [2.24, 2.45) is 0 Å². The molecular weight excluding hydrogens is 276 g/mol. The molecule has 2 aromatic rings. The number of rotatable bonds is 4. The Bertz CT molecular complexity index is 754. The van der Waals surface area contributed by atoms with E-state index in [0.717, 1.165) is 4.68 Å². The molecule has 2 rings (SSSR count). The molecule has 1 aromatic carbocycles. The van der Waals surface area contributed by atoms with Crippen LogP contribution in [0.3, 0.4) is 0 Å². The molecule has 0 bridgehead atoms. The summed E-state index contributed by atoms with van der Waals surface area (Å²) in [4.78, 5) is 38.5. The Labute approximate surface area is 119 Å². The van der Waals surface area contributed by atoms with Crippen molar-refractivity contribution in [1.29, 1.82) is 0 Å². The zero-order valence-corrected chi connectivity index (χ0v) is 11.5. The van der Waals surface area contributed by atoms with Crippen LogP contribution in [-0.4, -0.2) is 28.8 Å². The predicted molar refractivity (Wildman–Crippen MR) is 76.8 cm³/mol. The minimum atomic E-state index is -0.744. The molecule has 8 heteroatoms. The van der Waals surface area contributed by atoms with E-state index in [1.165, 1.54) is 6.07 Å². The first kappa shape index (κ1) is 14.5. The maximum atomic E-state index is 12.4. The highest BCUT2D eigenvalue weighted by Crippen LogP contribution is 2.14. The van der Waals surface area contributed by atoms with Crippen LogP contribution in [0.25, 0.3) is 10.9 Å². The second kappa shape index (κ2) is 6.04. The minimum Gasteiger partial charge on any atom is -0.449 e. The smallest absolute Gasteiger partial charge is 0.426 e. The number of aryl methyl sites for hydroxylation is 1. The SMILES string of the molecule is CCOC(=O)Nn1c(C)nc2ccc(NC=O)cc2c1=O. The molecule has 0 aliphatic heterocycles. The van der Waals surface area contributed by atoms with Crippen molar-refractivity contribution in [3.8, 4) is 0 Å². The third-order valence-corrected chi connectivity index (χ3v) is 2.74. The molecule has 2 amide bonds. The van der Waals surface area contributed by atoms with Crippen molar-refractivity contribution in [1.82, 2.24) is 9.66 Å². The van der Waals surface area contributed by atoms with Gasteiger partial charge in [-0.2, -0.15) is 4.68 Å². The fraction of sp³-hybridized carbons (Fsp3) is 0.231. The lowest BCUT2D eigenvalue weighted by atomic mass is 10.2. The van der Waals surface area contributed by atoms with E-state index >= 15 is 0 Å². The maximum Gasteiger partial charge on any atom is 0.426 e. The van der Waals surface area contributed by atoms with Gasteiger partial charge in [0.2, 0.25) is 6.41 Å². The van der Waals surface area contributed by atoms with Gasteiger partial charge in [0.15, 0.2) is 0 Å². The fourth-order valence-electron chi connectivity index (χ4n) is 1.84. The summed E-state index contributed by atoms with van der Waals surface area (Å²) in [5.74, 6) is 0.316. The van der Waals surface area contributed by atoms with Crippen molar-refractivity contribution >= 4 is 29.1 Å². The highest BCUT2D eigenvalue weighted by molar-refractivity contribution is 5.85. The highest BCUT2D eigenvalue weighted by atomic mass is 16.6. The Kier molecular flexibility index (Phi) is 4.17. The number of hydrogen-bond donors (Lipinski definition) is 2. The van der Waals surface area contributed by atoms with Gasteiger partial charge in [0.25, 0.3) is 5.56 Å². The molecule has 0 aliphatic rings. The van der Waals surface area contributed by atoms with Crippen LogP contribution in [0.15, 0.2) is 23.0 Å². The van der Waals surface area contributed by atoms with Crippen LogP contribution < -0.4 is 16.3 Å². The number of ether oxygens (including phenoxy) is 1. The number of aromatic nitrogens is 2. The number of nitrogens with zero attached hydrogens (tertiary/aromatic N) is 2. The van der Waals surface area contributed by atoms with Crippen LogP contribution >= 0.6 is 0 Å². The Morgan fingerprint density at radius 2 is 2.24 bits per heavy atom. The molecule has 110 valence electrons. The Balaban J connectivity index is 2.53. The van der Waals surface area contributed by atoms with E-state index < -0.39 is 11.7 Å². The lowest BCUT2D eigenvalue weighted by Gasteiger charge is -2.12. The van der Waals surface area contributed by atoms with E-state index in [4.69, 9.17) is 4.74 Å². The molecule has 0 spiro atoms. The number of hydrogen-bond acceptors (Lipinski definition) is 5. The molecule has 0 fully saturated rings.